The monoisotopic (exact) mass is 307 g/mol. The maximum absolute atomic E-state index is 13.3. The number of nitrogens with one attached hydrogen (secondary N) is 1. The Kier molecular flexibility index (Phi) is 5.21. The van der Waals surface area contributed by atoms with Gasteiger partial charge >= 0.3 is 0 Å². The van der Waals surface area contributed by atoms with E-state index in [2.05, 4.69) is 5.32 Å². The molecule has 0 fully saturated rings. The molecule has 0 radical (unpaired) electrons. The van der Waals surface area contributed by atoms with Gasteiger partial charge < -0.3 is 10.1 Å². The molecule has 2 nitrogen and oxygen atoms in total. The molecule has 0 saturated heterocycles. The summed E-state index contributed by atoms with van der Waals surface area (Å²) in [5.74, 6) is 0.427. The summed E-state index contributed by atoms with van der Waals surface area (Å²) in [6, 6.07) is 12.6. The zero-order valence-electron chi connectivity index (χ0n) is 12.4. The van der Waals surface area contributed by atoms with Crippen molar-refractivity contribution in [3.8, 4) is 5.75 Å². The molecule has 0 spiro atoms. The predicted molar refractivity (Wildman–Crippen MR) is 84.5 cm³/mol. The second-order valence-corrected chi connectivity index (χ2v) is 5.54. The fraction of sp³-hybridized carbons (Fsp3) is 0.294. The van der Waals surface area contributed by atoms with Crippen LogP contribution >= 0.6 is 11.6 Å². The Morgan fingerprint density at radius 3 is 2.19 bits per heavy atom. The quantitative estimate of drug-likeness (QED) is 0.873. The van der Waals surface area contributed by atoms with E-state index in [0.29, 0.717) is 0 Å². The zero-order chi connectivity index (χ0) is 15.4. The Labute approximate surface area is 129 Å². The summed E-state index contributed by atoms with van der Waals surface area (Å²) in [5, 5.41) is 3.35. The molecule has 4 heteroatoms. The van der Waals surface area contributed by atoms with E-state index in [1.165, 1.54) is 6.07 Å². The van der Waals surface area contributed by atoms with E-state index in [1.54, 1.807) is 12.1 Å². The lowest BCUT2D eigenvalue weighted by atomic mass is 9.99. The molecule has 1 atom stereocenters. The highest BCUT2D eigenvalue weighted by Gasteiger charge is 2.14. The highest BCUT2D eigenvalue weighted by molar-refractivity contribution is 6.30. The molecular formula is C17H19ClFNO. The van der Waals surface area contributed by atoms with E-state index in [1.807, 2.05) is 45.2 Å². The van der Waals surface area contributed by atoms with Crippen molar-refractivity contribution < 1.29 is 9.13 Å². The van der Waals surface area contributed by atoms with Crippen molar-refractivity contribution in [2.24, 2.45) is 0 Å². The van der Waals surface area contributed by atoms with E-state index in [4.69, 9.17) is 16.3 Å². The predicted octanol–water partition coefficient (Wildman–Crippen LogP) is 4.58. The van der Waals surface area contributed by atoms with E-state index in [-0.39, 0.29) is 17.2 Å². The van der Waals surface area contributed by atoms with Crippen LogP contribution in [0, 0.1) is 5.82 Å². The van der Waals surface area contributed by atoms with E-state index >= 15 is 0 Å². The first-order valence-electron chi connectivity index (χ1n) is 6.90. The van der Waals surface area contributed by atoms with Crippen molar-refractivity contribution in [2.75, 3.05) is 7.05 Å². The molecule has 2 rings (SSSR count). The minimum absolute atomic E-state index is 0.0452. The maximum Gasteiger partial charge on any atom is 0.141 e. The van der Waals surface area contributed by atoms with Crippen LogP contribution in [-0.2, 0) is 0 Å². The third-order valence-electron chi connectivity index (χ3n) is 3.15. The van der Waals surface area contributed by atoms with Gasteiger partial charge in [0.25, 0.3) is 0 Å². The second kappa shape index (κ2) is 6.92. The van der Waals surface area contributed by atoms with Gasteiger partial charge in [-0.05, 0) is 56.3 Å². The van der Waals surface area contributed by atoms with Crippen molar-refractivity contribution in [3.63, 3.8) is 0 Å². The lowest BCUT2D eigenvalue weighted by Crippen LogP contribution is -2.17. The molecular weight excluding hydrogens is 289 g/mol. The highest BCUT2D eigenvalue weighted by Crippen LogP contribution is 2.27. The summed E-state index contributed by atoms with van der Waals surface area (Å²) in [6.07, 6.45) is 0.145. The molecule has 1 unspecified atom stereocenters. The third kappa shape index (κ3) is 3.96. The highest BCUT2D eigenvalue weighted by atomic mass is 35.5. The van der Waals surface area contributed by atoms with E-state index in [0.717, 1.165) is 16.9 Å². The van der Waals surface area contributed by atoms with Crippen molar-refractivity contribution in [2.45, 2.75) is 26.0 Å². The molecule has 2 aromatic carbocycles. The fourth-order valence-corrected chi connectivity index (χ4v) is 2.42. The molecule has 21 heavy (non-hydrogen) atoms. The first-order valence-corrected chi connectivity index (χ1v) is 7.28. The Morgan fingerprint density at radius 1 is 1.05 bits per heavy atom. The standard InChI is InChI=1S/C17H19ClFNO/c1-11(2)21-14-7-4-12(5-8-14)17(20-3)13-6-9-16(19)15(18)10-13/h4-11,17,20H,1-3H3. The number of ether oxygens (including phenoxy) is 1. The summed E-state index contributed by atoms with van der Waals surface area (Å²) >= 11 is 5.86. The van der Waals surface area contributed by atoms with Crippen LogP contribution in [0.15, 0.2) is 42.5 Å². The Bertz CT molecular complexity index is 598. The topological polar surface area (TPSA) is 21.3 Å². The molecule has 0 heterocycles. The van der Waals surface area contributed by atoms with Gasteiger partial charge in [-0.3, -0.25) is 0 Å². The molecule has 0 saturated carbocycles. The van der Waals surface area contributed by atoms with Crippen LogP contribution < -0.4 is 10.1 Å². The average Bonchev–Trinajstić information content (AvgIpc) is 2.45. The number of benzene rings is 2. The number of hydrogen-bond acceptors (Lipinski definition) is 2. The molecule has 2 aromatic rings. The largest absolute Gasteiger partial charge is 0.491 e. The number of halogens is 2. The van der Waals surface area contributed by atoms with Crippen LogP contribution in [0.3, 0.4) is 0 Å². The van der Waals surface area contributed by atoms with Gasteiger partial charge in [0.15, 0.2) is 0 Å². The normalized spacial score (nSPS) is 12.5. The third-order valence-corrected chi connectivity index (χ3v) is 3.44. The van der Waals surface area contributed by atoms with Gasteiger partial charge in [-0.15, -0.1) is 0 Å². The van der Waals surface area contributed by atoms with Crippen LogP contribution in [0.1, 0.15) is 31.0 Å². The van der Waals surface area contributed by atoms with Crippen LogP contribution in [-0.4, -0.2) is 13.2 Å². The Balaban J connectivity index is 2.26. The van der Waals surface area contributed by atoms with Crippen molar-refractivity contribution in [1.29, 1.82) is 0 Å². The molecule has 0 amide bonds. The molecule has 0 aliphatic carbocycles. The van der Waals surface area contributed by atoms with Crippen LogP contribution in [0.5, 0.6) is 5.75 Å². The minimum atomic E-state index is -0.407. The van der Waals surface area contributed by atoms with Crippen molar-refractivity contribution in [1.82, 2.24) is 5.32 Å². The van der Waals surface area contributed by atoms with Gasteiger partial charge in [0, 0.05) is 0 Å². The number of hydrogen-bond donors (Lipinski definition) is 1. The summed E-state index contributed by atoms with van der Waals surface area (Å²) in [5.41, 5.74) is 1.98. The maximum atomic E-state index is 13.3. The van der Waals surface area contributed by atoms with Gasteiger partial charge in [0.1, 0.15) is 11.6 Å². The van der Waals surface area contributed by atoms with Crippen molar-refractivity contribution >= 4 is 11.6 Å². The summed E-state index contributed by atoms with van der Waals surface area (Å²) in [7, 11) is 1.86. The lowest BCUT2D eigenvalue weighted by molar-refractivity contribution is 0.242. The summed E-state index contributed by atoms with van der Waals surface area (Å²) in [6.45, 7) is 3.98. The Morgan fingerprint density at radius 2 is 1.67 bits per heavy atom. The van der Waals surface area contributed by atoms with E-state index in [9.17, 15) is 4.39 Å². The summed E-state index contributed by atoms with van der Waals surface area (Å²) in [4.78, 5) is 0. The van der Waals surface area contributed by atoms with Crippen molar-refractivity contribution in [3.05, 3.63) is 64.4 Å². The zero-order valence-corrected chi connectivity index (χ0v) is 13.1. The van der Waals surface area contributed by atoms with Crippen LogP contribution in [0.4, 0.5) is 4.39 Å². The molecule has 0 bridgehead atoms. The molecule has 112 valence electrons. The average molecular weight is 308 g/mol. The summed E-state index contributed by atoms with van der Waals surface area (Å²) < 4.78 is 18.9. The molecule has 0 aromatic heterocycles. The lowest BCUT2D eigenvalue weighted by Gasteiger charge is -2.18. The second-order valence-electron chi connectivity index (χ2n) is 5.13. The first-order chi connectivity index (χ1) is 10.0. The van der Waals surface area contributed by atoms with Gasteiger partial charge in [-0.1, -0.05) is 29.8 Å². The fourth-order valence-electron chi connectivity index (χ4n) is 2.23. The van der Waals surface area contributed by atoms with Crippen LogP contribution in [0.2, 0.25) is 5.02 Å². The molecule has 0 aliphatic heterocycles. The molecule has 1 N–H and O–H groups in total. The smallest absolute Gasteiger partial charge is 0.141 e. The molecule has 0 aliphatic rings. The number of rotatable bonds is 5. The Hall–Kier alpha value is -1.58. The van der Waals surface area contributed by atoms with Gasteiger partial charge in [0.05, 0.1) is 17.2 Å². The van der Waals surface area contributed by atoms with Gasteiger partial charge in [0.2, 0.25) is 0 Å². The van der Waals surface area contributed by atoms with E-state index < -0.39 is 5.82 Å². The van der Waals surface area contributed by atoms with Crippen LogP contribution in [0.25, 0.3) is 0 Å². The SMILES string of the molecule is CNC(c1ccc(OC(C)C)cc1)c1ccc(F)c(Cl)c1. The van der Waals surface area contributed by atoms with Gasteiger partial charge in [-0.2, -0.15) is 0 Å². The van der Waals surface area contributed by atoms with Gasteiger partial charge in [-0.25, -0.2) is 4.39 Å². The first kappa shape index (κ1) is 15.8. The minimum Gasteiger partial charge on any atom is -0.491 e.